The van der Waals surface area contributed by atoms with Crippen LogP contribution in [0.2, 0.25) is 5.02 Å². The fraction of sp³-hybridized carbons (Fsp3) is 0.235. The number of nitrogens with zero attached hydrogens (tertiary/aromatic N) is 1. The smallest absolute Gasteiger partial charge is 0.331 e. The quantitative estimate of drug-likeness (QED) is 0.635. The first kappa shape index (κ1) is 14.0. The largest absolute Gasteiger partial charge is 0.464 e. The maximum atomic E-state index is 12.1. The lowest BCUT2D eigenvalue weighted by Crippen LogP contribution is -2.15. The molecule has 0 N–H and O–H groups in total. The summed E-state index contributed by atoms with van der Waals surface area (Å²) < 4.78 is 5.19. The third-order valence-electron chi connectivity index (χ3n) is 3.60. The Morgan fingerprint density at radius 3 is 2.43 bits per heavy atom. The van der Waals surface area contributed by atoms with Crippen LogP contribution in [0.25, 0.3) is 0 Å². The van der Waals surface area contributed by atoms with E-state index in [1.165, 1.54) is 0 Å². The van der Waals surface area contributed by atoms with Gasteiger partial charge in [0.1, 0.15) is 0 Å². The average molecular weight is 302 g/mol. The van der Waals surface area contributed by atoms with Gasteiger partial charge >= 0.3 is 5.97 Å². The molecule has 21 heavy (non-hydrogen) atoms. The molecule has 0 saturated carbocycles. The van der Waals surface area contributed by atoms with E-state index < -0.39 is 0 Å². The van der Waals surface area contributed by atoms with Gasteiger partial charge in [0, 0.05) is 10.7 Å². The minimum absolute atomic E-state index is 0.0173. The standard InChI is InChI=1S/C17H16ClNO2/c1-2-21-17(20)16-15(12-8-10-13(18)11-9-12)19(16)14-6-4-3-5-7-14/h3-11,15-16H,2H2,1H3/t15-,16-,19?/m0/s1. The number of hydrogen-bond donors (Lipinski definition) is 0. The van der Waals surface area contributed by atoms with Crippen molar-refractivity contribution in [3.63, 3.8) is 0 Å². The van der Waals surface area contributed by atoms with Crippen LogP contribution in [0.4, 0.5) is 5.69 Å². The van der Waals surface area contributed by atoms with Crippen molar-refractivity contribution in [2.45, 2.75) is 19.0 Å². The molecule has 0 unspecified atom stereocenters. The van der Waals surface area contributed by atoms with Gasteiger partial charge in [0.2, 0.25) is 0 Å². The summed E-state index contributed by atoms with van der Waals surface area (Å²) in [5.74, 6) is -0.179. The van der Waals surface area contributed by atoms with Gasteiger partial charge in [-0.3, -0.25) is 0 Å². The van der Waals surface area contributed by atoms with Gasteiger partial charge in [0.25, 0.3) is 0 Å². The van der Waals surface area contributed by atoms with E-state index >= 15 is 0 Å². The lowest BCUT2D eigenvalue weighted by atomic mass is 10.1. The van der Waals surface area contributed by atoms with Crippen molar-refractivity contribution >= 4 is 23.3 Å². The Morgan fingerprint density at radius 1 is 1.14 bits per heavy atom. The minimum atomic E-state index is -0.256. The van der Waals surface area contributed by atoms with Crippen molar-refractivity contribution in [3.8, 4) is 0 Å². The molecule has 0 radical (unpaired) electrons. The summed E-state index contributed by atoms with van der Waals surface area (Å²) in [4.78, 5) is 14.2. The number of halogens is 1. The second-order valence-electron chi connectivity index (χ2n) is 4.94. The van der Waals surface area contributed by atoms with E-state index in [0.717, 1.165) is 11.3 Å². The summed E-state index contributed by atoms with van der Waals surface area (Å²) in [7, 11) is 0. The fourth-order valence-corrected chi connectivity index (χ4v) is 2.75. The predicted molar refractivity (Wildman–Crippen MR) is 83.5 cm³/mol. The van der Waals surface area contributed by atoms with E-state index in [-0.39, 0.29) is 18.1 Å². The van der Waals surface area contributed by atoms with Gasteiger partial charge in [0.05, 0.1) is 12.6 Å². The van der Waals surface area contributed by atoms with E-state index in [9.17, 15) is 4.79 Å². The van der Waals surface area contributed by atoms with Crippen LogP contribution in [0.3, 0.4) is 0 Å². The summed E-state index contributed by atoms with van der Waals surface area (Å²) in [6.45, 7) is 2.22. The Kier molecular flexibility index (Phi) is 3.84. The first-order valence-corrected chi connectivity index (χ1v) is 7.35. The molecule has 2 atom stereocenters. The monoisotopic (exact) mass is 301 g/mol. The Morgan fingerprint density at radius 2 is 1.81 bits per heavy atom. The zero-order chi connectivity index (χ0) is 14.8. The van der Waals surface area contributed by atoms with Crippen molar-refractivity contribution in [1.29, 1.82) is 0 Å². The summed E-state index contributed by atoms with van der Waals surface area (Å²) in [6.07, 6.45) is 0. The molecule has 3 nitrogen and oxygen atoms in total. The second-order valence-corrected chi connectivity index (χ2v) is 5.37. The molecular weight excluding hydrogens is 286 g/mol. The Bertz CT molecular complexity index is 627. The van der Waals surface area contributed by atoms with Crippen molar-refractivity contribution in [1.82, 2.24) is 0 Å². The number of carbonyl (C=O) groups is 1. The fourth-order valence-electron chi connectivity index (χ4n) is 2.63. The molecule has 0 aromatic heterocycles. The van der Waals surface area contributed by atoms with E-state index in [1.54, 1.807) is 0 Å². The summed E-state index contributed by atoms with van der Waals surface area (Å²) in [5, 5.41) is 0.693. The third-order valence-corrected chi connectivity index (χ3v) is 3.85. The van der Waals surface area contributed by atoms with Gasteiger partial charge < -0.3 is 9.64 Å². The number of ether oxygens (including phenoxy) is 1. The molecule has 4 heteroatoms. The van der Waals surface area contributed by atoms with Crippen molar-refractivity contribution in [3.05, 3.63) is 65.2 Å². The van der Waals surface area contributed by atoms with Gasteiger partial charge in [-0.1, -0.05) is 41.9 Å². The number of benzene rings is 2. The van der Waals surface area contributed by atoms with Gasteiger partial charge in [0.15, 0.2) is 6.04 Å². The summed E-state index contributed by atoms with van der Waals surface area (Å²) >= 11 is 5.93. The van der Waals surface area contributed by atoms with Crippen LogP contribution in [0.5, 0.6) is 0 Å². The van der Waals surface area contributed by atoms with Gasteiger partial charge in [-0.25, -0.2) is 4.79 Å². The number of carbonyl (C=O) groups excluding carboxylic acids is 1. The molecule has 0 aliphatic carbocycles. The maximum Gasteiger partial charge on any atom is 0.331 e. The number of esters is 1. The van der Waals surface area contributed by atoms with Gasteiger partial charge in [-0.15, -0.1) is 0 Å². The average Bonchev–Trinajstić information content (AvgIpc) is 3.25. The highest BCUT2D eigenvalue weighted by atomic mass is 35.5. The molecule has 0 amide bonds. The molecule has 1 fully saturated rings. The predicted octanol–water partition coefficient (Wildman–Crippen LogP) is 3.83. The first-order chi connectivity index (χ1) is 10.2. The van der Waals surface area contributed by atoms with Crippen LogP contribution >= 0.6 is 11.6 Å². The zero-order valence-corrected chi connectivity index (χ0v) is 12.5. The molecule has 1 aliphatic heterocycles. The van der Waals surface area contributed by atoms with Crippen LogP contribution in [-0.4, -0.2) is 18.6 Å². The van der Waals surface area contributed by atoms with Crippen molar-refractivity contribution in [2.24, 2.45) is 0 Å². The molecule has 1 aliphatic rings. The van der Waals surface area contributed by atoms with Crippen LogP contribution in [0, 0.1) is 0 Å². The highest BCUT2D eigenvalue weighted by Crippen LogP contribution is 2.47. The zero-order valence-electron chi connectivity index (χ0n) is 11.7. The number of para-hydroxylation sites is 1. The van der Waals surface area contributed by atoms with Crippen LogP contribution < -0.4 is 4.90 Å². The summed E-state index contributed by atoms with van der Waals surface area (Å²) in [5.41, 5.74) is 2.09. The SMILES string of the molecule is CCOC(=O)[C@@H]1[C@H](c2ccc(Cl)cc2)N1c1ccccc1. The molecule has 0 bridgehead atoms. The second kappa shape index (κ2) is 5.78. The number of hydrogen-bond acceptors (Lipinski definition) is 3. The maximum absolute atomic E-state index is 12.1. The summed E-state index contributed by atoms with van der Waals surface area (Å²) in [6, 6.07) is 17.3. The van der Waals surface area contributed by atoms with Crippen molar-refractivity contribution in [2.75, 3.05) is 11.5 Å². The first-order valence-electron chi connectivity index (χ1n) is 6.98. The lowest BCUT2D eigenvalue weighted by molar-refractivity contribution is -0.142. The van der Waals surface area contributed by atoms with E-state index in [2.05, 4.69) is 4.90 Å². The minimum Gasteiger partial charge on any atom is -0.464 e. The molecule has 1 saturated heterocycles. The normalized spacial score (nSPS) is 20.2. The highest BCUT2D eigenvalue weighted by Gasteiger charge is 2.54. The Labute approximate surface area is 129 Å². The molecule has 2 aromatic rings. The Balaban J connectivity index is 1.89. The van der Waals surface area contributed by atoms with Crippen molar-refractivity contribution < 1.29 is 9.53 Å². The van der Waals surface area contributed by atoms with Crippen LogP contribution in [-0.2, 0) is 9.53 Å². The topological polar surface area (TPSA) is 29.3 Å². The Hall–Kier alpha value is -2.00. The molecule has 0 spiro atoms. The molecule has 3 rings (SSSR count). The van der Waals surface area contributed by atoms with Crippen LogP contribution in [0.15, 0.2) is 54.6 Å². The van der Waals surface area contributed by atoms with Crippen LogP contribution in [0.1, 0.15) is 18.5 Å². The van der Waals surface area contributed by atoms with Gasteiger partial charge in [-0.05, 0) is 36.8 Å². The van der Waals surface area contributed by atoms with E-state index in [1.807, 2.05) is 61.5 Å². The number of rotatable bonds is 4. The molecule has 2 aromatic carbocycles. The molecule has 108 valence electrons. The molecule has 1 heterocycles. The van der Waals surface area contributed by atoms with E-state index in [0.29, 0.717) is 11.6 Å². The highest BCUT2D eigenvalue weighted by molar-refractivity contribution is 6.30. The lowest BCUT2D eigenvalue weighted by Gasteiger charge is -2.05. The van der Waals surface area contributed by atoms with E-state index in [4.69, 9.17) is 16.3 Å². The number of anilines is 1. The third kappa shape index (κ3) is 2.74. The van der Waals surface area contributed by atoms with Gasteiger partial charge in [-0.2, -0.15) is 0 Å². The molecular formula is C17H16ClNO2.